The molecule has 1 saturated heterocycles. The average Bonchev–Trinajstić information content (AvgIpc) is 3.72. The topological polar surface area (TPSA) is 92.8 Å². The third-order valence-electron chi connectivity index (χ3n) is 7.52. The van der Waals surface area contributed by atoms with Crippen LogP contribution in [0.25, 0.3) is 0 Å². The van der Waals surface area contributed by atoms with E-state index in [2.05, 4.69) is 0 Å². The van der Waals surface area contributed by atoms with Crippen molar-refractivity contribution in [1.29, 1.82) is 0 Å². The minimum Gasteiger partial charge on any atom is -0.357 e. The fourth-order valence-electron chi connectivity index (χ4n) is 5.04. The highest BCUT2D eigenvalue weighted by molar-refractivity contribution is 7.92. The molecule has 1 N–H and O–H groups in total. The molecule has 13 heteroatoms. The largest absolute Gasteiger partial charge is 0.405 e. The number of hydrogen-bond acceptors (Lipinski definition) is 5. The van der Waals surface area contributed by atoms with Crippen molar-refractivity contribution in [3.63, 3.8) is 0 Å². The first-order valence-corrected chi connectivity index (χ1v) is 15.9. The third-order valence-corrected chi connectivity index (χ3v) is 10.7. The molecule has 0 spiro atoms. The van der Waals surface area contributed by atoms with Crippen LogP contribution in [-0.4, -0.2) is 60.5 Å². The van der Waals surface area contributed by atoms with Gasteiger partial charge in [0.25, 0.3) is 5.91 Å². The lowest BCUT2D eigenvalue weighted by Gasteiger charge is -2.48. The normalized spacial score (nSPS) is 22.6. The Labute approximate surface area is 253 Å². The van der Waals surface area contributed by atoms with Crippen LogP contribution in [-0.2, 0) is 24.2 Å². The van der Waals surface area contributed by atoms with Gasteiger partial charge < -0.3 is 15.0 Å². The zero-order chi connectivity index (χ0) is 31.0. The van der Waals surface area contributed by atoms with Crippen LogP contribution in [0.15, 0.2) is 48.5 Å². The smallest absolute Gasteiger partial charge is 0.357 e. The minimum atomic E-state index is -4.64. The van der Waals surface area contributed by atoms with Crippen LogP contribution >= 0.6 is 23.2 Å². The number of ether oxygens (including phenoxy) is 1. The molecule has 0 radical (unpaired) electrons. The lowest BCUT2D eigenvalue weighted by molar-refractivity contribution is -0.181. The maximum absolute atomic E-state index is 14.2. The summed E-state index contributed by atoms with van der Waals surface area (Å²) < 4.78 is 70.5. The molecule has 1 saturated carbocycles. The Morgan fingerprint density at radius 1 is 1.05 bits per heavy atom. The monoisotopic (exact) mass is 648 g/mol. The van der Waals surface area contributed by atoms with E-state index in [1.54, 1.807) is 74.6 Å². The summed E-state index contributed by atoms with van der Waals surface area (Å²) in [7, 11) is -3.72. The van der Waals surface area contributed by atoms with Crippen LogP contribution in [0.1, 0.15) is 63.3 Å². The van der Waals surface area contributed by atoms with E-state index in [0.29, 0.717) is 34.0 Å². The van der Waals surface area contributed by atoms with Gasteiger partial charge in [0.2, 0.25) is 5.91 Å². The van der Waals surface area contributed by atoms with Gasteiger partial charge in [-0.3, -0.25) is 9.59 Å². The summed E-state index contributed by atoms with van der Waals surface area (Å²) in [4.78, 5) is 28.3. The van der Waals surface area contributed by atoms with Crippen LogP contribution in [0.5, 0.6) is 0 Å². The summed E-state index contributed by atoms with van der Waals surface area (Å²) in [6.45, 7) is 3.21. The van der Waals surface area contributed by atoms with Gasteiger partial charge in [0.15, 0.2) is 9.84 Å². The number of carbonyl (C=O) groups is 2. The van der Waals surface area contributed by atoms with Crippen molar-refractivity contribution in [1.82, 2.24) is 10.2 Å². The minimum absolute atomic E-state index is 0.126. The molecule has 42 heavy (non-hydrogen) atoms. The number of carbonyl (C=O) groups excluding carboxylic acids is 2. The summed E-state index contributed by atoms with van der Waals surface area (Å²) in [5, 5.41) is 2.62. The van der Waals surface area contributed by atoms with E-state index < -0.39 is 69.8 Å². The summed E-state index contributed by atoms with van der Waals surface area (Å²) in [5.74, 6) is -2.15. The number of amides is 2. The molecule has 2 aromatic carbocycles. The van der Waals surface area contributed by atoms with Crippen molar-refractivity contribution in [3.05, 3.63) is 69.7 Å². The second-order valence-electron chi connectivity index (χ2n) is 11.7. The zero-order valence-electron chi connectivity index (χ0n) is 23.3. The van der Waals surface area contributed by atoms with Gasteiger partial charge in [-0.1, -0.05) is 47.5 Å². The molecule has 1 aliphatic heterocycles. The number of rotatable bonds is 9. The fourth-order valence-corrected chi connectivity index (χ4v) is 6.75. The van der Waals surface area contributed by atoms with Crippen molar-refractivity contribution >= 4 is 44.9 Å². The predicted octanol–water partition coefficient (Wildman–Crippen LogP) is 6.06. The molecule has 4 rings (SSSR count). The van der Waals surface area contributed by atoms with E-state index in [9.17, 15) is 31.2 Å². The van der Waals surface area contributed by atoms with Gasteiger partial charge in [0, 0.05) is 16.1 Å². The summed E-state index contributed by atoms with van der Waals surface area (Å²) in [5.41, 5.74) is 1.16. The maximum atomic E-state index is 14.2. The molecule has 2 aromatic rings. The maximum Gasteiger partial charge on any atom is 0.405 e. The quantitative estimate of drug-likeness (QED) is 0.357. The molecule has 0 bridgehead atoms. The van der Waals surface area contributed by atoms with Gasteiger partial charge in [0.05, 0.1) is 23.0 Å². The molecular weight excluding hydrogens is 616 g/mol. The Morgan fingerprint density at radius 3 is 2.24 bits per heavy atom. The molecule has 1 heterocycles. The Balaban J connectivity index is 1.83. The summed E-state index contributed by atoms with van der Waals surface area (Å²) in [6, 6.07) is 11.8. The molecule has 2 amide bonds. The molecule has 7 nitrogen and oxygen atoms in total. The summed E-state index contributed by atoms with van der Waals surface area (Å²) >= 11 is 12.5. The molecule has 2 fully saturated rings. The Bertz CT molecular complexity index is 1410. The highest BCUT2D eigenvalue weighted by Gasteiger charge is 2.52. The predicted molar refractivity (Wildman–Crippen MR) is 154 cm³/mol. The number of nitrogens with zero attached hydrogens (tertiary/aromatic N) is 1. The van der Waals surface area contributed by atoms with Gasteiger partial charge in [0.1, 0.15) is 18.8 Å². The number of benzene rings is 2. The lowest BCUT2D eigenvalue weighted by Crippen LogP contribution is -2.58. The SMILES string of the molecule is CC(C)(C)S(=O)(=O)C[C@H](C1CC1)N1C(=O)[C@@H](CC(=O)NCC(F)(F)F)O[C@H](c2cccc(Cl)c2)[C@H]1c1ccc(Cl)cc1. The first kappa shape index (κ1) is 32.6. The van der Waals surface area contributed by atoms with E-state index in [1.807, 2.05) is 0 Å². The Morgan fingerprint density at radius 2 is 1.69 bits per heavy atom. The Kier molecular flexibility index (Phi) is 9.57. The second-order valence-corrected chi connectivity index (χ2v) is 15.4. The molecule has 2 aliphatic rings. The highest BCUT2D eigenvalue weighted by atomic mass is 35.5. The first-order chi connectivity index (χ1) is 19.5. The van der Waals surface area contributed by atoms with Gasteiger partial charge in [-0.05, 0) is 74.9 Å². The third kappa shape index (κ3) is 7.78. The van der Waals surface area contributed by atoms with E-state index in [-0.39, 0.29) is 11.7 Å². The van der Waals surface area contributed by atoms with Crippen molar-refractivity contribution in [2.24, 2.45) is 5.92 Å². The standard InChI is InChI=1S/C29H33Cl2F3N2O5S/c1-28(2,3)42(39,40)15-22(17-7-8-17)36-25(18-9-11-20(30)12-10-18)26(19-5-4-6-21(31)13-19)41-23(27(36)38)14-24(37)35-16-29(32,33)34/h4-6,9-13,17,22-23,25-26H,7-8,14-16H2,1-3H3,(H,35,37)/t22-,23-,25-,26-/m1/s1. The van der Waals surface area contributed by atoms with Crippen molar-refractivity contribution in [3.8, 4) is 0 Å². The van der Waals surface area contributed by atoms with Crippen molar-refractivity contribution in [2.75, 3.05) is 12.3 Å². The number of alkyl halides is 3. The zero-order valence-corrected chi connectivity index (χ0v) is 25.7. The number of hydrogen-bond donors (Lipinski definition) is 1. The Hall–Kier alpha value is -2.34. The van der Waals surface area contributed by atoms with E-state index in [4.69, 9.17) is 27.9 Å². The van der Waals surface area contributed by atoms with Crippen LogP contribution in [0, 0.1) is 5.92 Å². The van der Waals surface area contributed by atoms with Crippen molar-refractivity contribution in [2.45, 2.75) is 75.2 Å². The fraction of sp³-hybridized carbons (Fsp3) is 0.517. The molecule has 0 unspecified atom stereocenters. The molecule has 0 aromatic heterocycles. The number of nitrogens with one attached hydrogen (secondary N) is 1. The van der Waals surface area contributed by atoms with Crippen LogP contribution in [0.2, 0.25) is 10.0 Å². The van der Waals surface area contributed by atoms with Gasteiger partial charge in [-0.25, -0.2) is 8.42 Å². The van der Waals surface area contributed by atoms with Crippen LogP contribution < -0.4 is 5.32 Å². The molecule has 1 aliphatic carbocycles. The number of halogens is 5. The molecule has 230 valence electrons. The number of sulfone groups is 1. The lowest BCUT2D eigenvalue weighted by atomic mass is 9.89. The molecular formula is C29H33Cl2F3N2O5S. The van der Waals surface area contributed by atoms with Gasteiger partial charge in [-0.15, -0.1) is 0 Å². The van der Waals surface area contributed by atoms with Gasteiger partial charge >= 0.3 is 6.18 Å². The molecule has 4 atom stereocenters. The van der Waals surface area contributed by atoms with E-state index >= 15 is 0 Å². The summed E-state index contributed by atoms with van der Waals surface area (Å²) in [6.07, 6.45) is -6.33. The van der Waals surface area contributed by atoms with Gasteiger partial charge in [-0.2, -0.15) is 13.2 Å². The highest BCUT2D eigenvalue weighted by Crippen LogP contribution is 2.48. The number of morpholine rings is 1. The first-order valence-electron chi connectivity index (χ1n) is 13.5. The average molecular weight is 650 g/mol. The van der Waals surface area contributed by atoms with Crippen molar-refractivity contribution < 1.29 is 35.9 Å². The van der Waals surface area contributed by atoms with Crippen LogP contribution in [0.3, 0.4) is 0 Å². The second kappa shape index (κ2) is 12.3. The van der Waals surface area contributed by atoms with E-state index in [0.717, 1.165) is 0 Å². The van der Waals surface area contributed by atoms with E-state index in [1.165, 1.54) is 4.90 Å². The van der Waals surface area contributed by atoms with Crippen LogP contribution in [0.4, 0.5) is 13.2 Å².